The second-order valence-corrected chi connectivity index (χ2v) is 9.05. The molecule has 15 heteroatoms. The van der Waals surface area contributed by atoms with Gasteiger partial charge in [-0.25, -0.2) is 13.8 Å². The summed E-state index contributed by atoms with van der Waals surface area (Å²) < 4.78 is 97.4. The number of nitrogens with one attached hydrogen (secondary N) is 1. The molecule has 1 aromatic carbocycles. The van der Waals surface area contributed by atoms with Gasteiger partial charge in [-0.2, -0.15) is 22.0 Å². The predicted molar refractivity (Wildman–Crippen MR) is 124 cm³/mol. The summed E-state index contributed by atoms with van der Waals surface area (Å²) in [5.74, 6) is -11.0. The van der Waals surface area contributed by atoms with Crippen LogP contribution in [-0.4, -0.2) is 62.7 Å². The van der Waals surface area contributed by atoms with Crippen molar-refractivity contribution in [1.29, 1.82) is 0 Å². The molecule has 210 valence electrons. The van der Waals surface area contributed by atoms with Crippen LogP contribution in [0.3, 0.4) is 0 Å². The lowest BCUT2D eigenvalue weighted by atomic mass is 9.99. The van der Waals surface area contributed by atoms with Crippen LogP contribution in [0.15, 0.2) is 41.3 Å². The maximum atomic E-state index is 14.8. The highest BCUT2D eigenvalue weighted by Crippen LogP contribution is 2.36. The molecule has 4 rings (SSSR count). The van der Waals surface area contributed by atoms with Crippen molar-refractivity contribution < 1.29 is 45.7 Å². The van der Waals surface area contributed by atoms with Crippen LogP contribution in [0.5, 0.6) is 0 Å². The van der Waals surface area contributed by atoms with Gasteiger partial charge in [-0.15, -0.1) is 0 Å². The fourth-order valence-corrected chi connectivity index (χ4v) is 4.16. The van der Waals surface area contributed by atoms with Crippen LogP contribution in [0.4, 0.5) is 36.6 Å². The van der Waals surface area contributed by atoms with Crippen LogP contribution in [0.25, 0.3) is 16.7 Å². The first-order valence-electron chi connectivity index (χ1n) is 11.5. The molecule has 1 fully saturated rings. The van der Waals surface area contributed by atoms with Gasteiger partial charge < -0.3 is 20.4 Å². The standard InChI is InChI=1S/C24H21F7N4O4/c1-2-17(24(29,30)31)32-21(37)14-10-35(16-5-3-12(25)9-15(16)26)20-13(19(14)36)4-6-18(33-20)34-8-7-23(38,39)22(27,28)11-34/h3-6,9-10,17,38-39H,2,7-8,11H2,1H3,(H,32,37). The minimum Gasteiger partial charge on any atom is -0.361 e. The van der Waals surface area contributed by atoms with Crippen LogP contribution >= 0.6 is 0 Å². The fourth-order valence-electron chi connectivity index (χ4n) is 4.16. The lowest BCUT2D eigenvalue weighted by Crippen LogP contribution is -2.60. The molecule has 1 amide bonds. The molecule has 0 saturated carbocycles. The monoisotopic (exact) mass is 562 g/mol. The second kappa shape index (κ2) is 9.79. The van der Waals surface area contributed by atoms with Gasteiger partial charge in [0.25, 0.3) is 5.91 Å². The van der Waals surface area contributed by atoms with Crippen molar-refractivity contribution in [3.8, 4) is 5.69 Å². The van der Waals surface area contributed by atoms with Gasteiger partial charge in [0, 0.05) is 25.2 Å². The summed E-state index contributed by atoms with van der Waals surface area (Å²) in [5, 5.41) is 20.5. The number of halogens is 7. The van der Waals surface area contributed by atoms with Crippen molar-refractivity contribution in [2.24, 2.45) is 0 Å². The third-order valence-electron chi connectivity index (χ3n) is 6.39. The Labute approximate surface area is 215 Å². The number of anilines is 1. The van der Waals surface area contributed by atoms with Gasteiger partial charge in [0.2, 0.25) is 11.2 Å². The van der Waals surface area contributed by atoms with Crippen molar-refractivity contribution in [1.82, 2.24) is 14.9 Å². The Balaban J connectivity index is 1.89. The Morgan fingerprint density at radius 2 is 1.87 bits per heavy atom. The molecule has 8 nitrogen and oxygen atoms in total. The molecule has 1 unspecified atom stereocenters. The van der Waals surface area contributed by atoms with Crippen LogP contribution in [0.2, 0.25) is 0 Å². The molecule has 1 aliphatic heterocycles. The molecular formula is C24H21F7N4O4. The molecule has 3 N–H and O–H groups in total. The van der Waals surface area contributed by atoms with E-state index in [-0.39, 0.29) is 23.4 Å². The van der Waals surface area contributed by atoms with Crippen LogP contribution in [0, 0.1) is 11.6 Å². The summed E-state index contributed by atoms with van der Waals surface area (Å²) in [5.41, 5.74) is -2.71. The van der Waals surface area contributed by atoms with Crippen molar-refractivity contribution >= 4 is 22.8 Å². The molecule has 0 bridgehead atoms. The molecule has 0 aliphatic carbocycles. The summed E-state index contributed by atoms with van der Waals surface area (Å²) in [4.78, 5) is 31.0. The summed E-state index contributed by atoms with van der Waals surface area (Å²) in [6, 6.07) is 2.13. The molecule has 2 aromatic heterocycles. The van der Waals surface area contributed by atoms with Crippen molar-refractivity contribution in [3.63, 3.8) is 0 Å². The average molecular weight is 562 g/mol. The predicted octanol–water partition coefficient (Wildman–Crippen LogP) is 3.26. The zero-order chi connectivity index (χ0) is 28.9. The van der Waals surface area contributed by atoms with Gasteiger partial charge in [0.1, 0.15) is 29.1 Å². The molecule has 1 aliphatic rings. The number of benzene rings is 1. The van der Waals surface area contributed by atoms with E-state index in [0.29, 0.717) is 6.07 Å². The van der Waals surface area contributed by atoms with Crippen LogP contribution in [0.1, 0.15) is 30.1 Å². The first-order valence-corrected chi connectivity index (χ1v) is 11.5. The average Bonchev–Trinajstić information content (AvgIpc) is 2.84. The lowest BCUT2D eigenvalue weighted by Gasteiger charge is -2.41. The highest BCUT2D eigenvalue weighted by atomic mass is 19.4. The maximum absolute atomic E-state index is 14.8. The fraction of sp³-hybridized carbons (Fsp3) is 0.375. The Bertz CT molecular complexity index is 1490. The molecule has 1 saturated heterocycles. The van der Waals surface area contributed by atoms with E-state index in [4.69, 9.17) is 0 Å². The van der Waals surface area contributed by atoms with E-state index in [0.717, 1.165) is 46.9 Å². The van der Waals surface area contributed by atoms with Gasteiger partial charge >= 0.3 is 12.1 Å². The van der Waals surface area contributed by atoms with Crippen molar-refractivity contribution in [2.45, 2.75) is 43.7 Å². The molecule has 39 heavy (non-hydrogen) atoms. The minimum absolute atomic E-state index is 0.186. The number of aliphatic hydroxyl groups is 2. The molecule has 3 heterocycles. The Hall–Kier alpha value is -3.72. The number of nitrogens with zero attached hydrogens (tertiary/aromatic N) is 3. The zero-order valence-electron chi connectivity index (χ0n) is 20.1. The quantitative estimate of drug-likeness (QED) is 0.326. The minimum atomic E-state index is -4.82. The molecule has 0 radical (unpaired) electrons. The first-order chi connectivity index (χ1) is 18.1. The number of piperidine rings is 1. The van der Waals surface area contributed by atoms with Gasteiger partial charge in [-0.3, -0.25) is 14.2 Å². The van der Waals surface area contributed by atoms with E-state index >= 15 is 0 Å². The molecule has 0 spiro atoms. The van der Waals surface area contributed by atoms with Crippen LogP contribution in [-0.2, 0) is 0 Å². The van der Waals surface area contributed by atoms with Gasteiger partial charge in [0.05, 0.1) is 17.6 Å². The summed E-state index contributed by atoms with van der Waals surface area (Å²) in [7, 11) is 0. The summed E-state index contributed by atoms with van der Waals surface area (Å²) in [6.07, 6.45) is -5.40. The third-order valence-corrected chi connectivity index (χ3v) is 6.39. The Morgan fingerprint density at radius 1 is 1.18 bits per heavy atom. The third kappa shape index (κ3) is 5.28. The number of hydrogen-bond donors (Lipinski definition) is 3. The van der Waals surface area contributed by atoms with Crippen molar-refractivity contribution in [2.75, 3.05) is 18.0 Å². The number of pyridine rings is 2. The summed E-state index contributed by atoms with van der Waals surface area (Å²) in [6.45, 7) is -0.311. The van der Waals surface area contributed by atoms with Crippen LogP contribution < -0.4 is 15.6 Å². The van der Waals surface area contributed by atoms with Crippen molar-refractivity contribution in [3.05, 3.63) is 63.9 Å². The van der Waals surface area contributed by atoms with Gasteiger partial charge in [0.15, 0.2) is 5.65 Å². The number of fused-ring (bicyclic) bond motifs is 1. The Kier molecular flexibility index (Phi) is 7.10. The Morgan fingerprint density at radius 3 is 2.46 bits per heavy atom. The topological polar surface area (TPSA) is 108 Å². The zero-order valence-corrected chi connectivity index (χ0v) is 20.1. The molecular weight excluding hydrogens is 541 g/mol. The highest BCUT2D eigenvalue weighted by Gasteiger charge is 2.55. The second-order valence-electron chi connectivity index (χ2n) is 9.05. The summed E-state index contributed by atoms with van der Waals surface area (Å²) >= 11 is 0. The number of aromatic nitrogens is 2. The molecule has 1 atom stereocenters. The lowest BCUT2D eigenvalue weighted by molar-refractivity contribution is -0.300. The SMILES string of the molecule is CCC(NC(=O)c1cn(-c2ccc(F)cc2F)c2nc(N3CCC(O)(O)C(F)(F)C3)ccc2c1=O)C(F)(F)F. The van der Waals surface area contributed by atoms with Gasteiger partial charge in [-0.1, -0.05) is 6.92 Å². The van der Waals surface area contributed by atoms with E-state index < -0.39 is 77.5 Å². The number of carbonyl (C=O) groups excluding carboxylic acids is 1. The van der Waals surface area contributed by atoms with E-state index in [9.17, 15) is 50.5 Å². The molecule has 3 aromatic rings. The first kappa shape index (κ1) is 28.3. The normalized spacial score (nSPS) is 17.7. The smallest absolute Gasteiger partial charge is 0.361 e. The van der Waals surface area contributed by atoms with E-state index in [1.165, 1.54) is 0 Å². The number of carbonyl (C=O) groups is 1. The largest absolute Gasteiger partial charge is 0.408 e. The number of alkyl halides is 5. The number of amides is 1. The number of hydrogen-bond acceptors (Lipinski definition) is 6. The van der Waals surface area contributed by atoms with E-state index in [1.54, 1.807) is 5.32 Å². The van der Waals surface area contributed by atoms with E-state index in [2.05, 4.69) is 4.98 Å². The van der Waals surface area contributed by atoms with Gasteiger partial charge in [-0.05, 0) is 30.7 Å². The van der Waals surface area contributed by atoms with E-state index in [1.807, 2.05) is 0 Å². The maximum Gasteiger partial charge on any atom is 0.408 e. The highest BCUT2D eigenvalue weighted by molar-refractivity contribution is 5.97. The number of rotatable bonds is 5.